The Kier molecular flexibility index (Phi) is 4.30. The third-order valence-corrected chi connectivity index (χ3v) is 4.96. The van der Waals surface area contributed by atoms with Gasteiger partial charge in [-0.3, -0.25) is 9.52 Å². The van der Waals surface area contributed by atoms with Crippen molar-refractivity contribution in [2.24, 2.45) is 0 Å². The van der Waals surface area contributed by atoms with E-state index in [4.69, 9.17) is 0 Å². The summed E-state index contributed by atoms with van der Waals surface area (Å²) < 4.78 is 26.7. The second kappa shape index (κ2) is 5.81. The van der Waals surface area contributed by atoms with E-state index in [1.165, 1.54) is 13.1 Å². The Morgan fingerprint density at radius 3 is 2.70 bits per heavy atom. The largest absolute Gasteiger partial charge is 0.301 e. The number of pyridine rings is 1. The number of hydrogen-bond donors (Lipinski definition) is 2. The van der Waals surface area contributed by atoms with Gasteiger partial charge < -0.3 is 5.32 Å². The molecule has 2 aromatic rings. The first-order valence-electron chi connectivity index (χ1n) is 5.12. The van der Waals surface area contributed by atoms with Crippen LogP contribution in [0.3, 0.4) is 0 Å². The van der Waals surface area contributed by atoms with Crippen molar-refractivity contribution in [3.63, 3.8) is 0 Å². The lowest BCUT2D eigenvalue weighted by atomic mass is 10.4. The third-order valence-electron chi connectivity index (χ3n) is 1.90. The van der Waals surface area contributed by atoms with E-state index in [1.807, 2.05) is 0 Å². The van der Waals surface area contributed by atoms with Gasteiger partial charge in [0.2, 0.25) is 11.0 Å². The van der Waals surface area contributed by atoms with Crippen LogP contribution in [0.1, 0.15) is 6.92 Å². The fraction of sp³-hybridized carbons (Fsp3) is 0.111. The van der Waals surface area contributed by atoms with E-state index in [1.54, 1.807) is 12.1 Å². The lowest BCUT2D eigenvalue weighted by Gasteiger charge is -2.03. The Hall–Kier alpha value is -1.59. The minimum absolute atomic E-state index is 0.117. The minimum Gasteiger partial charge on any atom is -0.301 e. The maximum absolute atomic E-state index is 12.0. The standard InChI is InChI=1S/C9H8BrN5O3S2/c1-5(16)12-8-13-14-9(19-8)20(17,18)15-6-2-3-7(10)11-4-6/h2-4,15H,1H3,(H,12,13,16). The topological polar surface area (TPSA) is 114 Å². The van der Waals surface area contributed by atoms with Crippen LogP contribution in [0.15, 0.2) is 27.3 Å². The van der Waals surface area contributed by atoms with Crippen molar-refractivity contribution in [3.05, 3.63) is 22.9 Å². The number of rotatable bonds is 4. The van der Waals surface area contributed by atoms with Crippen molar-refractivity contribution in [1.29, 1.82) is 0 Å². The van der Waals surface area contributed by atoms with E-state index < -0.39 is 10.0 Å². The molecule has 20 heavy (non-hydrogen) atoms. The molecule has 0 bridgehead atoms. The molecule has 0 saturated heterocycles. The number of nitrogens with one attached hydrogen (secondary N) is 2. The number of aromatic nitrogens is 3. The molecular formula is C9H8BrN5O3S2. The summed E-state index contributed by atoms with van der Waals surface area (Å²) in [5, 5.41) is 9.58. The molecule has 2 heterocycles. The van der Waals surface area contributed by atoms with Crippen LogP contribution in [0.25, 0.3) is 0 Å². The molecule has 0 aliphatic heterocycles. The Morgan fingerprint density at radius 1 is 1.35 bits per heavy atom. The highest BCUT2D eigenvalue weighted by molar-refractivity contribution is 9.10. The third kappa shape index (κ3) is 3.71. The molecule has 2 rings (SSSR count). The van der Waals surface area contributed by atoms with Gasteiger partial charge in [-0.25, -0.2) is 4.98 Å². The molecule has 2 aromatic heterocycles. The molecule has 0 aromatic carbocycles. The number of amides is 1. The molecule has 0 aliphatic carbocycles. The van der Waals surface area contributed by atoms with Crippen molar-refractivity contribution >= 4 is 54.0 Å². The van der Waals surface area contributed by atoms with Crippen LogP contribution in [-0.2, 0) is 14.8 Å². The zero-order chi connectivity index (χ0) is 14.8. The molecule has 0 atom stereocenters. The summed E-state index contributed by atoms with van der Waals surface area (Å²) in [6, 6.07) is 3.14. The molecular weight excluding hydrogens is 370 g/mol. The highest BCUT2D eigenvalue weighted by Crippen LogP contribution is 2.22. The van der Waals surface area contributed by atoms with Crippen LogP contribution in [-0.4, -0.2) is 29.5 Å². The predicted molar refractivity (Wildman–Crippen MR) is 77.0 cm³/mol. The number of anilines is 2. The molecule has 0 unspecified atom stereocenters. The van der Waals surface area contributed by atoms with E-state index in [2.05, 4.69) is 41.2 Å². The fourth-order valence-electron chi connectivity index (χ4n) is 1.15. The fourth-order valence-corrected chi connectivity index (χ4v) is 3.38. The zero-order valence-corrected chi connectivity index (χ0v) is 13.2. The molecule has 8 nitrogen and oxygen atoms in total. The van der Waals surface area contributed by atoms with Gasteiger partial charge in [-0.2, -0.15) is 8.42 Å². The normalized spacial score (nSPS) is 11.1. The van der Waals surface area contributed by atoms with Gasteiger partial charge in [0.15, 0.2) is 0 Å². The zero-order valence-electron chi connectivity index (χ0n) is 9.99. The van der Waals surface area contributed by atoms with Crippen molar-refractivity contribution in [2.75, 3.05) is 10.0 Å². The molecule has 0 fully saturated rings. The molecule has 106 valence electrons. The molecule has 2 N–H and O–H groups in total. The van der Waals surface area contributed by atoms with Crippen LogP contribution >= 0.6 is 27.3 Å². The van der Waals surface area contributed by atoms with Crippen molar-refractivity contribution in [1.82, 2.24) is 15.2 Å². The number of halogens is 1. The van der Waals surface area contributed by atoms with Gasteiger partial charge in [0, 0.05) is 6.92 Å². The van der Waals surface area contributed by atoms with E-state index in [-0.39, 0.29) is 15.4 Å². The number of sulfonamides is 1. The average Bonchev–Trinajstić information content (AvgIpc) is 2.80. The van der Waals surface area contributed by atoms with Gasteiger partial charge in [0.1, 0.15) is 4.60 Å². The van der Waals surface area contributed by atoms with E-state index >= 15 is 0 Å². The van der Waals surface area contributed by atoms with Gasteiger partial charge in [0.25, 0.3) is 14.4 Å². The van der Waals surface area contributed by atoms with Crippen LogP contribution in [0.2, 0.25) is 0 Å². The van der Waals surface area contributed by atoms with Crippen molar-refractivity contribution in [3.8, 4) is 0 Å². The van der Waals surface area contributed by atoms with Crippen LogP contribution in [0, 0.1) is 0 Å². The summed E-state index contributed by atoms with van der Waals surface area (Å²) in [7, 11) is -3.85. The van der Waals surface area contributed by atoms with Crippen LogP contribution in [0.5, 0.6) is 0 Å². The lowest BCUT2D eigenvalue weighted by molar-refractivity contribution is -0.114. The molecule has 0 saturated carbocycles. The van der Waals surface area contributed by atoms with E-state index in [0.29, 0.717) is 10.3 Å². The highest BCUT2D eigenvalue weighted by Gasteiger charge is 2.20. The van der Waals surface area contributed by atoms with Crippen molar-refractivity contribution < 1.29 is 13.2 Å². The maximum Gasteiger partial charge on any atom is 0.291 e. The van der Waals surface area contributed by atoms with Gasteiger partial charge >= 0.3 is 0 Å². The molecule has 1 amide bonds. The number of hydrogen-bond acceptors (Lipinski definition) is 7. The predicted octanol–water partition coefficient (Wildman–Crippen LogP) is 1.45. The van der Waals surface area contributed by atoms with Crippen LogP contribution < -0.4 is 10.0 Å². The first kappa shape index (κ1) is 14.8. The summed E-state index contributed by atoms with van der Waals surface area (Å²) in [6.45, 7) is 1.29. The Labute approximate surface area is 126 Å². The van der Waals surface area contributed by atoms with Gasteiger partial charge in [0.05, 0.1) is 11.9 Å². The summed E-state index contributed by atoms with van der Waals surface area (Å²) >= 11 is 3.90. The summed E-state index contributed by atoms with van der Waals surface area (Å²) in [5.74, 6) is -0.352. The molecule has 11 heteroatoms. The second-order valence-corrected chi connectivity index (χ2v) is 7.18. The van der Waals surface area contributed by atoms with Gasteiger partial charge in [-0.05, 0) is 28.1 Å². The molecule has 0 aliphatic rings. The first-order chi connectivity index (χ1) is 9.37. The quantitative estimate of drug-likeness (QED) is 0.615. The summed E-state index contributed by atoms with van der Waals surface area (Å²) in [4.78, 5) is 14.7. The summed E-state index contributed by atoms with van der Waals surface area (Å²) in [6.07, 6.45) is 1.36. The van der Waals surface area contributed by atoms with Crippen LogP contribution in [0.4, 0.5) is 10.8 Å². The maximum atomic E-state index is 12.0. The number of carbonyl (C=O) groups is 1. The first-order valence-corrected chi connectivity index (χ1v) is 8.21. The lowest BCUT2D eigenvalue weighted by Crippen LogP contribution is -2.12. The Morgan fingerprint density at radius 2 is 2.10 bits per heavy atom. The summed E-state index contributed by atoms with van der Waals surface area (Å²) in [5.41, 5.74) is 0.296. The second-order valence-electron chi connectivity index (χ2n) is 3.53. The smallest absolute Gasteiger partial charge is 0.291 e. The van der Waals surface area contributed by atoms with E-state index in [9.17, 15) is 13.2 Å². The van der Waals surface area contributed by atoms with Crippen molar-refractivity contribution in [2.45, 2.75) is 11.3 Å². The average molecular weight is 378 g/mol. The van der Waals surface area contributed by atoms with Gasteiger partial charge in [-0.15, -0.1) is 10.2 Å². The Balaban J connectivity index is 2.19. The monoisotopic (exact) mass is 377 g/mol. The number of carbonyl (C=O) groups excluding carboxylic acids is 1. The molecule has 0 radical (unpaired) electrons. The van der Waals surface area contributed by atoms with Gasteiger partial charge in [-0.1, -0.05) is 11.3 Å². The highest BCUT2D eigenvalue weighted by atomic mass is 79.9. The molecule has 0 spiro atoms. The SMILES string of the molecule is CC(=O)Nc1nnc(S(=O)(=O)Nc2ccc(Br)nc2)s1. The van der Waals surface area contributed by atoms with E-state index in [0.717, 1.165) is 11.3 Å². The number of nitrogens with zero attached hydrogens (tertiary/aromatic N) is 3. The minimum atomic E-state index is -3.85. The Bertz CT molecular complexity index is 728.